The first-order valence-electron chi connectivity index (χ1n) is 8.24. The first-order valence-corrected chi connectivity index (χ1v) is 8.24. The van der Waals surface area contributed by atoms with Crippen molar-refractivity contribution in [1.82, 2.24) is 0 Å². The highest BCUT2D eigenvalue weighted by molar-refractivity contribution is 6.01. The summed E-state index contributed by atoms with van der Waals surface area (Å²) in [5, 5.41) is 11.6. The normalized spacial score (nSPS) is 14.6. The molecule has 1 saturated carbocycles. The Bertz CT molecular complexity index is 787. The number of benzene rings is 2. The molecule has 2 N–H and O–H groups in total. The van der Waals surface area contributed by atoms with E-state index < -0.39 is 11.4 Å². The van der Waals surface area contributed by atoms with Gasteiger partial charge in [0.05, 0.1) is 5.41 Å². The van der Waals surface area contributed by atoms with Crippen molar-refractivity contribution in [2.75, 3.05) is 11.9 Å². The Labute approximate surface area is 146 Å². The van der Waals surface area contributed by atoms with Gasteiger partial charge in [0.1, 0.15) is 5.75 Å². The van der Waals surface area contributed by atoms with Crippen LogP contribution in [-0.2, 0) is 15.0 Å². The molecule has 0 radical (unpaired) electrons. The SMILES string of the molecule is Cc1cc(C)cc(C2(C(=O)Nc3ccc(OCC(=O)O)cc3)CC2)c1. The minimum absolute atomic E-state index is 0.00305. The van der Waals surface area contributed by atoms with E-state index in [1.807, 2.05) is 13.8 Å². The van der Waals surface area contributed by atoms with Gasteiger partial charge in [0.2, 0.25) is 5.91 Å². The zero-order valence-corrected chi connectivity index (χ0v) is 14.3. The van der Waals surface area contributed by atoms with Crippen molar-refractivity contribution in [3.63, 3.8) is 0 Å². The number of carboxylic acids is 1. The molecule has 0 aliphatic heterocycles. The van der Waals surface area contributed by atoms with Gasteiger partial charge in [-0.1, -0.05) is 29.3 Å². The smallest absolute Gasteiger partial charge is 0.341 e. The molecule has 0 heterocycles. The van der Waals surface area contributed by atoms with Gasteiger partial charge in [-0.05, 0) is 56.5 Å². The zero-order valence-electron chi connectivity index (χ0n) is 14.3. The lowest BCUT2D eigenvalue weighted by Crippen LogP contribution is -2.28. The van der Waals surface area contributed by atoms with Gasteiger partial charge < -0.3 is 15.2 Å². The number of nitrogens with one attached hydrogen (secondary N) is 1. The van der Waals surface area contributed by atoms with Crippen LogP contribution in [0, 0.1) is 13.8 Å². The van der Waals surface area contributed by atoms with Gasteiger partial charge in [0, 0.05) is 5.69 Å². The van der Waals surface area contributed by atoms with E-state index in [-0.39, 0.29) is 12.5 Å². The molecule has 25 heavy (non-hydrogen) atoms. The molecule has 0 spiro atoms. The second-order valence-corrected chi connectivity index (χ2v) is 6.62. The highest BCUT2D eigenvalue weighted by Crippen LogP contribution is 2.49. The molecule has 5 nitrogen and oxygen atoms in total. The fourth-order valence-electron chi connectivity index (χ4n) is 3.05. The number of ether oxygens (including phenoxy) is 1. The number of amides is 1. The van der Waals surface area contributed by atoms with Crippen LogP contribution < -0.4 is 10.1 Å². The molecule has 1 aliphatic rings. The molecule has 0 aromatic heterocycles. The largest absolute Gasteiger partial charge is 0.482 e. The molecule has 130 valence electrons. The molecule has 1 aliphatic carbocycles. The van der Waals surface area contributed by atoms with Crippen LogP contribution in [0.4, 0.5) is 5.69 Å². The van der Waals surface area contributed by atoms with E-state index in [1.165, 1.54) is 0 Å². The number of carboxylic acid groups (broad SMARTS) is 1. The number of anilines is 1. The summed E-state index contributed by atoms with van der Waals surface area (Å²) in [6, 6.07) is 13.0. The summed E-state index contributed by atoms with van der Waals surface area (Å²) in [5.41, 5.74) is 3.63. The van der Waals surface area contributed by atoms with Crippen molar-refractivity contribution in [2.24, 2.45) is 0 Å². The predicted octanol–water partition coefficient (Wildman–Crippen LogP) is 3.44. The summed E-state index contributed by atoms with van der Waals surface area (Å²) >= 11 is 0. The maximum Gasteiger partial charge on any atom is 0.341 e. The van der Waals surface area contributed by atoms with E-state index in [0.29, 0.717) is 11.4 Å². The van der Waals surface area contributed by atoms with Gasteiger partial charge in [-0.2, -0.15) is 0 Å². The van der Waals surface area contributed by atoms with Gasteiger partial charge in [0.15, 0.2) is 6.61 Å². The molecule has 3 rings (SSSR count). The highest BCUT2D eigenvalue weighted by Gasteiger charge is 2.51. The lowest BCUT2D eigenvalue weighted by atomic mass is 9.92. The van der Waals surface area contributed by atoms with Crippen LogP contribution >= 0.6 is 0 Å². The summed E-state index contributed by atoms with van der Waals surface area (Å²) in [6.45, 7) is 3.70. The molecule has 0 bridgehead atoms. The van der Waals surface area contributed by atoms with E-state index in [9.17, 15) is 9.59 Å². The fraction of sp³-hybridized carbons (Fsp3) is 0.300. The van der Waals surface area contributed by atoms with Crippen molar-refractivity contribution in [1.29, 1.82) is 0 Å². The third-order valence-electron chi connectivity index (χ3n) is 4.43. The van der Waals surface area contributed by atoms with Crippen LogP contribution in [0.15, 0.2) is 42.5 Å². The van der Waals surface area contributed by atoms with Crippen LogP contribution in [0.5, 0.6) is 5.75 Å². The van der Waals surface area contributed by atoms with Crippen molar-refractivity contribution in [3.05, 3.63) is 59.2 Å². The van der Waals surface area contributed by atoms with Gasteiger partial charge in [0.25, 0.3) is 0 Å². The minimum atomic E-state index is -1.03. The topological polar surface area (TPSA) is 75.6 Å². The van der Waals surface area contributed by atoms with Gasteiger partial charge >= 0.3 is 5.97 Å². The second kappa shape index (κ2) is 6.59. The maximum atomic E-state index is 12.8. The van der Waals surface area contributed by atoms with E-state index >= 15 is 0 Å². The summed E-state index contributed by atoms with van der Waals surface area (Å²) < 4.78 is 5.09. The Hall–Kier alpha value is -2.82. The number of carbonyl (C=O) groups is 2. The molecule has 0 unspecified atom stereocenters. The average molecular weight is 339 g/mol. The molecular weight excluding hydrogens is 318 g/mol. The summed E-state index contributed by atoms with van der Waals surface area (Å²) in [7, 11) is 0. The van der Waals surface area contributed by atoms with Crippen molar-refractivity contribution in [2.45, 2.75) is 32.1 Å². The third kappa shape index (κ3) is 3.82. The van der Waals surface area contributed by atoms with Crippen LogP contribution in [0.25, 0.3) is 0 Å². The van der Waals surface area contributed by atoms with E-state index in [1.54, 1.807) is 24.3 Å². The van der Waals surface area contributed by atoms with Gasteiger partial charge in [-0.3, -0.25) is 4.79 Å². The van der Waals surface area contributed by atoms with Crippen LogP contribution in [-0.4, -0.2) is 23.6 Å². The maximum absolute atomic E-state index is 12.8. The highest BCUT2D eigenvalue weighted by atomic mass is 16.5. The van der Waals surface area contributed by atoms with Gasteiger partial charge in [-0.15, -0.1) is 0 Å². The number of rotatable bonds is 6. The third-order valence-corrected chi connectivity index (χ3v) is 4.43. The number of aliphatic carboxylic acids is 1. The lowest BCUT2D eigenvalue weighted by Gasteiger charge is -2.17. The number of carbonyl (C=O) groups excluding carboxylic acids is 1. The van der Waals surface area contributed by atoms with Crippen molar-refractivity contribution < 1.29 is 19.4 Å². The van der Waals surface area contributed by atoms with Crippen molar-refractivity contribution >= 4 is 17.6 Å². The molecule has 0 saturated heterocycles. The number of hydrogen-bond acceptors (Lipinski definition) is 3. The van der Waals surface area contributed by atoms with Gasteiger partial charge in [-0.25, -0.2) is 4.79 Å². The Kier molecular flexibility index (Phi) is 4.49. The second-order valence-electron chi connectivity index (χ2n) is 6.62. The Morgan fingerprint density at radius 1 is 1.08 bits per heavy atom. The lowest BCUT2D eigenvalue weighted by molar-refractivity contribution is -0.139. The first kappa shape index (κ1) is 17.0. The number of aryl methyl sites for hydroxylation is 2. The van der Waals surface area contributed by atoms with Crippen LogP contribution in [0.1, 0.15) is 29.5 Å². The molecular formula is C20H21NO4. The van der Waals surface area contributed by atoms with E-state index in [4.69, 9.17) is 9.84 Å². The average Bonchev–Trinajstić information content (AvgIpc) is 3.35. The Morgan fingerprint density at radius 3 is 2.20 bits per heavy atom. The molecule has 0 atom stereocenters. The quantitative estimate of drug-likeness (QED) is 0.845. The molecule has 1 amide bonds. The predicted molar refractivity (Wildman–Crippen MR) is 95.0 cm³/mol. The first-order chi connectivity index (χ1) is 11.9. The summed E-state index contributed by atoms with van der Waals surface area (Å²) in [6.07, 6.45) is 1.70. The molecule has 2 aromatic rings. The molecule has 5 heteroatoms. The minimum Gasteiger partial charge on any atom is -0.482 e. The fourth-order valence-corrected chi connectivity index (χ4v) is 3.05. The summed E-state index contributed by atoms with van der Waals surface area (Å²) in [5.74, 6) is -0.575. The Balaban J connectivity index is 1.70. The number of hydrogen-bond donors (Lipinski definition) is 2. The van der Waals surface area contributed by atoms with Crippen LogP contribution in [0.2, 0.25) is 0 Å². The molecule has 2 aromatic carbocycles. The van der Waals surface area contributed by atoms with Crippen molar-refractivity contribution in [3.8, 4) is 5.75 Å². The monoisotopic (exact) mass is 339 g/mol. The standard InChI is InChI=1S/C20H21NO4/c1-13-9-14(2)11-15(10-13)20(7-8-20)19(24)21-16-3-5-17(6-4-16)25-12-18(22)23/h3-6,9-11H,7-8,12H2,1-2H3,(H,21,24)(H,22,23). The van der Waals surface area contributed by atoms with E-state index in [2.05, 4.69) is 23.5 Å². The Morgan fingerprint density at radius 2 is 1.68 bits per heavy atom. The van der Waals surface area contributed by atoms with Crippen LogP contribution in [0.3, 0.4) is 0 Å². The zero-order chi connectivity index (χ0) is 18.0. The molecule has 1 fully saturated rings. The van der Waals surface area contributed by atoms with E-state index in [0.717, 1.165) is 29.5 Å². The summed E-state index contributed by atoms with van der Waals surface area (Å²) in [4.78, 5) is 23.3.